The highest BCUT2D eigenvalue weighted by atomic mass is 19.1. The SMILES string of the molecule is COCC(Oc1cc(C)c([N+](=O)[O-])cc1F)C(=O)NN. The molecule has 110 valence electrons. The normalized spacial score (nSPS) is 11.8. The van der Waals surface area contributed by atoms with Crippen LogP contribution in [0, 0.1) is 22.9 Å². The molecule has 0 spiro atoms. The van der Waals surface area contributed by atoms with Crippen LogP contribution in [0.4, 0.5) is 10.1 Å². The Labute approximate surface area is 113 Å². The number of aryl methyl sites for hydroxylation is 1. The third-order valence-electron chi connectivity index (χ3n) is 2.47. The summed E-state index contributed by atoms with van der Waals surface area (Å²) >= 11 is 0. The molecule has 1 unspecified atom stereocenters. The first-order valence-corrected chi connectivity index (χ1v) is 5.51. The number of hydrogen-bond acceptors (Lipinski definition) is 6. The van der Waals surface area contributed by atoms with E-state index in [9.17, 15) is 19.3 Å². The number of nitro groups is 1. The topological polar surface area (TPSA) is 117 Å². The fraction of sp³-hybridized carbons (Fsp3) is 0.364. The van der Waals surface area contributed by atoms with E-state index in [4.69, 9.17) is 15.3 Å². The van der Waals surface area contributed by atoms with Gasteiger partial charge in [0.15, 0.2) is 11.6 Å². The third kappa shape index (κ3) is 3.62. The predicted octanol–water partition coefficient (Wildman–Crippen LogP) is 0.426. The molecular formula is C11H14FN3O5. The maximum absolute atomic E-state index is 13.7. The van der Waals surface area contributed by atoms with Crippen LogP contribution in [0.1, 0.15) is 5.56 Å². The second-order valence-electron chi connectivity index (χ2n) is 3.90. The van der Waals surface area contributed by atoms with Gasteiger partial charge in [-0.15, -0.1) is 0 Å². The van der Waals surface area contributed by atoms with Gasteiger partial charge in [0, 0.05) is 12.7 Å². The number of halogens is 1. The van der Waals surface area contributed by atoms with E-state index in [0.717, 1.165) is 12.1 Å². The molecule has 1 aromatic rings. The van der Waals surface area contributed by atoms with Gasteiger partial charge in [0.2, 0.25) is 6.10 Å². The first kappa shape index (κ1) is 15.8. The average molecular weight is 287 g/mol. The highest BCUT2D eigenvalue weighted by molar-refractivity contribution is 5.80. The fourth-order valence-electron chi connectivity index (χ4n) is 1.49. The fourth-order valence-corrected chi connectivity index (χ4v) is 1.49. The van der Waals surface area contributed by atoms with Crippen LogP contribution in [-0.2, 0) is 9.53 Å². The van der Waals surface area contributed by atoms with E-state index in [0.29, 0.717) is 0 Å². The zero-order valence-electron chi connectivity index (χ0n) is 10.9. The van der Waals surface area contributed by atoms with Gasteiger partial charge in [0.1, 0.15) is 0 Å². The predicted molar refractivity (Wildman–Crippen MR) is 66.4 cm³/mol. The molecule has 1 rings (SSSR count). The molecule has 0 aliphatic rings. The van der Waals surface area contributed by atoms with Crippen molar-refractivity contribution in [1.82, 2.24) is 5.43 Å². The third-order valence-corrected chi connectivity index (χ3v) is 2.47. The number of nitrogens with two attached hydrogens (primary N) is 1. The highest BCUT2D eigenvalue weighted by Crippen LogP contribution is 2.27. The van der Waals surface area contributed by atoms with Gasteiger partial charge in [-0.1, -0.05) is 0 Å². The molecule has 0 radical (unpaired) electrons. The van der Waals surface area contributed by atoms with Crippen molar-refractivity contribution >= 4 is 11.6 Å². The Kier molecular flexibility index (Phi) is 5.35. The molecule has 0 saturated heterocycles. The minimum Gasteiger partial charge on any atom is -0.475 e. The summed E-state index contributed by atoms with van der Waals surface area (Å²) in [6.45, 7) is 1.28. The smallest absolute Gasteiger partial charge is 0.277 e. The molecule has 0 aromatic heterocycles. The standard InChI is InChI=1S/C11H14FN3O5/c1-6-3-9(7(12)4-8(6)15(17)18)20-10(5-19-2)11(16)14-13/h3-4,10H,5,13H2,1-2H3,(H,14,16). The molecule has 1 aromatic carbocycles. The van der Waals surface area contributed by atoms with Crippen LogP contribution in [-0.4, -0.2) is 30.7 Å². The first-order chi connectivity index (χ1) is 9.40. The second-order valence-corrected chi connectivity index (χ2v) is 3.90. The van der Waals surface area contributed by atoms with E-state index in [1.54, 1.807) is 0 Å². The van der Waals surface area contributed by atoms with Gasteiger partial charge >= 0.3 is 0 Å². The quantitative estimate of drug-likeness (QED) is 0.339. The molecule has 20 heavy (non-hydrogen) atoms. The molecule has 0 saturated carbocycles. The molecule has 0 bridgehead atoms. The number of amides is 1. The van der Waals surface area contributed by atoms with Gasteiger partial charge in [-0.3, -0.25) is 20.3 Å². The molecule has 1 amide bonds. The van der Waals surface area contributed by atoms with Crippen molar-refractivity contribution in [2.45, 2.75) is 13.0 Å². The minimum absolute atomic E-state index is 0.154. The zero-order chi connectivity index (χ0) is 15.3. The molecule has 0 heterocycles. The Balaban J connectivity index is 3.04. The van der Waals surface area contributed by atoms with Crippen molar-refractivity contribution in [3.8, 4) is 5.75 Å². The summed E-state index contributed by atoms with van der Waals surface area (Å²) < 4.78 is 23.6. The summed E-state index contributed by atoms with van der Waals surface area (Å²) in [5, 5.41) is 10.7. The monoisotopic (exact) mass is 287 g/mol. The van der Waals surface area contributed by atoms with Crippen LogP contribution in [0.3, 0.4) is 0 Å². The molecule has 1 atom stereocenters. The van der Waals surface area contributed by atoms with E-state index < -0.39 is 22.8 Å². The van der Waals surface area contributed by atoms with Crippen LogP contribution in [0.2, 0.25) is 0 Å². The number of benzene rings is 1. The minimum atomic E-state index is -1.17. The van der Waals surface area contributed by atoms with Crippen molar-refractivity contribution in [3.05, 3.63) is 33.6 Å². The number of carbonyl (C=O) groups is 1. The Morgan fingerprint density at radius 2 is 2.25 bits per heavy atom. The lowest BCUT2D eigenvalue weighted by Crippen LogP contribution is -2.44. The van der Waals surface area contributed by atoms with Gasteiger partial charge in [-0.2, -0.15) is 0 Å². The number of nitrogens with zero attached hydrogens (tertiary/aromatic N) is 1. The summed E-state index contributed by atoms with van der Waals surface area (Å²) in [7, 11) is 1.33. The molecule has 0 aliphatic carbocycles. The Bertz CT molecular complexity index is 523. The number of hydrogen-bond donors (Lipinski definition) is 2. The van der Waals surface area contributed by atoms with Crippen LogP contribution in [0.5, 0.6) is 5.75 Å². The van der Waals surface area contributed by atoms with E-state index in [1.165, 1.54) is 14.0 Å². The number of rotatable bonds is 6. The van der Waals surface area contributed by atoms with E-state index in [-0.39, 0.29) is 23.6 Å². The lowest BCUT2D eigenvalue weighted by atomic mass is 10.2. The maximum Gasteiger partial charge on any atom is 0.277 e. The summed E-state index contributed by atoms with van der Waals surface area (Å²) in [5.41, 5.74) is 1.69. The van der Waals surface area contributed by atoms with Gasteiger partial charge in [-0.05, 0) is 13.0 Å². The van der Waals surface area contributed by atoms with Gasteiger partial charge in [0.05, 0.1) is 17.6 Å². The van der Waals surface area contributed by atoms with Crippen LogP contribution in [0.25, 0.3) is 0 Å². The Morgan fingerprint density at radius 1 is 1.60 bits per heavy atom. The molecule has 0 fully saturated rings. The highest BCUT2D eigenvalue weighted by Gasteiger charge is 2.23. The number of carbonyl (C=O) groups excluding carboxylic acids is 1. The second kappa shape index (κ2) is 6.78. The number of nitro benzene ring substituents is 1. The molecule has 3 N–H and O–H groups in total. The summed E-state index contributed by atoms with van der Waals surface area (Å²) in [5.74, 6) is 3.02. The van der Waals surface area contributed by atoms with Gasteiger partial charge < -0.3 is 9.47 Å². The lowest BCUT2D eigenvalue weighted by molar-refractivity contribution is -0.385. The number of methoxy groups -OCH3 is 1. The average Bonchev–Trinajstić information content (AvgIpc) is 2.40. The van der Waals surface area contributed by atoms with Crippen molar-refractivity contribution in [2.24, 2.45) is 5.84 Å². The zero-order valence-corrected chi connectivity index (χ0v) is 10.9. The number of nitrogens with one attached hydrogen (secondary N) is 1. The van der Waals surface area contributed by atoms with E-state index in [2.05, 4.69) is 0 Å². The summed E-state index contributed by atoms with van der Waals surface area (Å²) in [6.07, 6.45) is -1.17. The van der Waals surface area contributed by atoms with Crippen LogP contribution in [0.15, 0.2) is 12.1 Å². The number of hydrazine groups is 1. The molecule has 8 nitrogen and oxygen atoms in total. The van der Waals surface area contributed by atoms with Gasteiger partial charge in [-0.25, -0.2) is 10.2 Å². The largest absolute Gasteiger partial charge is 0.475 e. The summed E-state index contributed by atoms with van der Waals surface area (Å²) in [4.78, 5) is 21.4. The summed E-state index contributed by atoms with van der Waals surface area (Å²) in [6, 6.07) is 1.87. The van der Waals surface area contributed by atoms with E-state index >= 15 is 0 Å². The van der Waals surface area contributed by atoms with Crippen LogP contribution < -0.4 is 16.0 Å². The maximum atomic E-state index is 13.7. The van der Waals surface area contributed by atoms with E-state index in [1.807, 2.05) is 5.43 Å². The van der Waals surface area contributed by atoms with Crippen molar-refractivity contribution < 1.29 is 23.6 Å². The molecule has 0 aliphatic heterocycles. The number of ether oxygens (including phenoxy) is 2. The molecule has 9 heteroatoms. The van der Waals surface area contributed by atoms with Crippen molar-refractivity contribution in [2.75, 3.05) is 13.7 Å². The lowest BCUT2D eigenvalue weighted by Gasteiger charge is -2.17. The first-order valence-electron chi connectivity index (χ1n) is 5.51. The Morgan fingerprint density at radius 3 is 2.75 bits per heavy atom. The van der Waals surface area contributed by atoms with Crippen LogP contribution >= 0.6 is 0 Å². The van der Waals surface area contributed by atoms with Gasteiger partial charge in [0.25, 0.3) is 11.6 Å². The molecular weight excluding hydrogens is 273 g/mol. The van der Waals surface area contributed by atoms with Crippen molar-refractivity contribution in [3.63, 3.8) is 0 Å². The Hall–Kier alpha value is -2.26. The van der Waals surface area contributed by atoms with Crippen molar-refractivity contribution in [1.29, 1.82) is 0 Å².